The fraction of sp³-hybridized carbons (Fsp3) is 0.200. The number of hydrogen-bond donors (Lipinski definition) is 2. The molecule has 0 fully saturated rings. The van der Waals surface area contributed by atoms with Crippen LogP contribution in [0.4, 0.5) is 4.79 Å². The number of carbonyl (C=O) groups excluding carboxylic acids is 2. The maximum absolute atomic E-state index is 11.4. The Morgan fingerprint density at radius 1 is 1.27 bits per heavy atom. The molecule has 15 heavy (non-hydrogen) atoms. The van der Waals surface area contributed by atoms with E-state index in [-0.39, 0.29) is 0 Å². The molecule has 0 saturated heterocycles. The number of nitrogens with one attached hydrogen (secondary N) is 1. The monoisotopic (exact) mass is 206 g/mol. The Hall–Kier alpha value is -1.88. The highest BCUT2D eigenvalue weighted by Crippen LogP contribution is 2.20. The first-order valence-corrected chi connectivity index (χ1v) is 4.47. The topological polar surface area (TPSA) is 81.4 Å². The first-order valence-electron chi connectivity index (χ1n) is 4.47. The van der Waals surface area contributed by atoms with Crippen LogP contribution in [0, 0.1) is 0 Å². The van der Waals surface area contributed by atoms with E-state index in [9.17, 15) is 9.59 Å². The highest BCUT2D eigenvalue weighted by Gasteiger charge is 2.14. The number of fused-ring (bicyclic) bond motifs is 1. The number of ether oxygens (including phenoxy) is 1. The summed E-state index contributed by atoms with van der Waals surface area (Å²) in [6, 6.07) is 4.32. The zero-order valence-electron chi connectivity index (χ0n) is 7.95. The van der Waals surface area contributed by atoms with Gasteiger partial charge < -0.3 is 10.5 Å². The maximum Gasteiger partial charge on any atom is 0.319 e. The summed E-state index contributed by atoms with van der Waals surface area (Å²) in [5.41, 5.74) is 7.32. The van der Waals surface area contributed by atoms with Crippen molar-refractivity contribution < 1.29 is 14.3 Å². The van der Waals surface area contributed by atoms with E-state index in [4.69, 9.17) is 10.5 Å². The second-order valence-corrected chi connectivity index (χ2v) is 3.29. The highest BCUT2D eigenvalue weighted by atomic mass is 16.5. The molecule has 78 valence electrons. The summed E-state index contributed by atoms with van der Waals surface area (Å²) in [5.74, 6) is -0.489. The van der Waals surface area contributed by atoms with Gasteiger partial charge in [0.15, 0.2) is 0 Å². The van der Waals surface area contributed by atoms with Crippen LogP contribution < -0.4 is 11.1 Å². The van der Waals surface area contributed by atoms with Gasteiger partial charge in [0.1, 0.15) is 0 Å². The van der Waals surface area contributed by atoms with Crippen LogP contribution in [0.3, 0.4) is 0 Å². The maximum atomic E-state index is 11.4. The summed E-state index contributed by atoms with van der Waals surface area (Å²) < 4.78 is 5.21. The number of imide groups is 1. The van der Waals surface area contributed by atoms with Crippen LogP contribution in [0.15, 0.2) is 18.2 Å². The van der Waals surface area contributed by atoms with Gasteiger partial charge in [-0.1, -0.05) is 6.07 Å². The summed E-state index contributed by atoms with van der Waals surface area (Å²) in [5, 5.41) is 2.01. The number of carbonyl (C=O) groups is 2. The highest BCUT2D eigenvalue weighted by molar-refractivity contribution is 6.03. The summed E-state index contributed by atoms with van der Waals surface area (Å²) in [6.07, 6.45) is 0. The van der Waals surface area contributed by atoms with Gasteiger partial charge in [-0.05, 0) is 23.3 Å². The molecular weight excluding hydrogens is 196 g/mol. The van der Waals surface area contributed by atoms with Crippen molar-refractivity contribution in [3.8, 4) is 0 Å². The Labute approximate surface area is 86.2 Å². The van der Waals surface area contributed by atoms with Crippen molar-refractivity contribution in [3.63, 3.8) is 0 Å². The van der Waals surface area contributed by atoms with Gasteiger partial charge in [-0.25, -0.2) is 4.79 Å². The first-order chi connectivity index (χ1) is 7.16. The van der Waals surface area contributed by atoms with Crippen LogP contribution in [0.2, 0.25) is 0 Å². The molecule has 5 heteroatoms. The lowest BCUT2D eigenvalue weighted by Gasteiger charge is -2.02. The summed E-state index contributed by atoms with van der Waals surface area (Å²) in [4.78, 5) is 21.9. The quantitative estimate of drug-likeness (QED) is 0.703. The Bertz CT molecular complexity index is 429. The van der Waals surface area contributed by atoms with Gasteiger partial charge in [0.2, 0.25) is 0 Å². The Morgan fingerprint density at radius 3 is 2.73 bits per heavy atom. The number of primary amides is 1. The van der Waals surface area contributed by atoms with Crippen molar-refractivity contribution in [3.05, 3.63) is 34.9 Å². The van der Waals surface area contributed by atoms with Crippen LogP contribution in [0.1, 0.15) is 21.5 Å². The Balaban J connectivity index is 2.23. The average molecular weight is 206 g/mol. The van der Waals surface area contributed by atoms with Crippen molar-refractivity contribution >= 4 is 11.9 Å². The number of urea groups is 1. The molecule has 0 unspecified atom stereocenters. The third kappa shape index (κ3) is 1.97. The molecule has 0 bridgehead atoms. The second kappa shape index (κ2) is 3.70. The van der Waals surface area contributed by atoms with Crippen LogP contribution >= 0.6 is 0 Å². The number of amides is 3. The molecule has 1 aliphatic heterocycles. The van der Waals surface area contributed by atoms with E-state index in [2.05, 4.69) is 0 Å². The van der Waals surface area contributed by atoms with E-state index in [1.165, 1.54) is 0 Å². The average Bonchev–Trinajstić information content (AvgIpc) is 2.62. The second-order valence-electron chi connectivity index (χ2n) is 3.29. The molecule has 3 N–H and O–H groups in total. The molecule has 0 aromatic heterocycles. The van der Waals surface area contributed by atoms with Crippen molar-refractivity contribution in [2.24, 2.45) is 5.73 Å². The van der Waals surface area contributed by atoms with E-state index in [0.29, 0.717) is 18.8 Å². The largest absolute Gasteiger partial charge is 0.372 e. The molecule has 1 aliphatic rings. The van der Waals surface area contributed by atoms with Crippen LogP contribution in [-0.2, 0) is 18.0 Å². The van der Waals surface area contributed by atoms with Crippen molar-refractivity contribution in [2.45, 2.75) is 13.2 Å². The van der Waals surface area contributed by atoms with E-state index < -0.39 is 11.9 Å². The molecular formula is C10H10N2O3. The third-order valence-corrected chi connectivity index (χ3v) is 2.22. The van der Waals surface area contributed by atoms with Gasteiger partial charge in [0.05, 0.1) is 13.2 Å². The summed E-state index contributed by atoms with van der Waals surface area (Å²) >= 11 is 0. The SMILES string of the molecule is NC(=O)NC(=O)c1ccc2c(c1)COC2. The van der Waals surface area contributed by atoms with Crippen molar-refractivity contribution in [2.75, 3.05) is 0 Å². The molecule has 0 spiro atoms. The number of hydrogen-bond acceptors (Lipinski definition) is 3. The van der Waals surface area contributed by atoms with Gasteiger partial charge in [-0.3, -0.25) is 10.1 Å². The lowest BCUT2D eigenvalue weighted by atomic mass is 10.1. The molecule has 1 aromatic carbocycles. The lowest BCUT2D eigenvalue weighted by Crippen LogP contribution is -2.34. The first kappa shape index (κ1) is 9.67. The zero-order chi connectivity index (χ0) is 10.8. The molecule has 1 heterocycles. The fourth-order valence-electron chi connectivity index (χ4n) is 1.50. The molecule has 0 radical (unpaired) electrons. The minimum Gasteiger partial charge on any atom is -0.372 e. The van der Waals surface area contributed by atoms with E-state index in [0.717, 1.165) is 11.1 Å². The van der Waals surface area contributed by atoms with Gasteiger partial charge in [-0.15, -0.1) is 0 Å². The normalized spacial score (nSPS) is 13.3. The molecule has 1 aromatic rings. The number of nitrogens with two attached hydrogens (primary N) is 1. The van der Waals surface area contributed by atoms with Gasteiger partial charge in [0, 0.05) is 5.56 Å². The van der Waals surface area contributed by atoms with Gasteiger partial charge in [-0.2, -0.15) is 0 Å². The van der Waals surface area contributed by atoms with Gasteiger partial charge in [0.25, 0.3) is 5.91 Å². The van der Waals surface area contributed by atoms with Crippen LogP contribution in [0.5, 0.6) is 0 Å². The van der Waals surface area contributed by atoms with Gasteiger partial charge >= 0.3 is 6.03 Å². The van der Waals surface area contributed by atoms with Crippen molar-refractivity contribution in [1.82, 2.24) is 5.32 Å². The van der Waals surface area contributed by atoms with Crippen LogP contribution in [0.25, 0.3) is 0 Å². The molecule has 2 rings (SSSR count). The number of benzene rings is 1. The molecule has 3 amide bonds. The van der Waals surface area contributed by atoms with Crippen LogP contribution in [-0.4, -0.2) is 11.9 Å². The van der Waals surface area contributed by atoms with E-state index >= 15 is 0 Å². The minimum absolute atomic E-state index is 0.415. The lowest BCUT2D eigenvalue weighted by molar-refractivity contribution is 0.0966. The standard InChI is InChI=1S/C10H10N2O3/c11-10(14)12-9(13)6-1-2-7-4-15-5-8(7)3-6/h1-3H,4-5H2,(H3,11,12,13,14). The Morgan fingerprint density at radius 2 is 2.00 bits per heavy atom. The predicted molar refractivity (Wildman–Crippen MR) is 52.0 cm³/mol. The third-order valence-electron chi connectivity index (χ3n) is 2.22. The predicted octanol–water partition coefficient (Wildman–Crippen LogP) is 0.525. The minimum atomic E-state index is -0.850. The molecule has 0 saturated carbocycles. The summed E-state index contributed by atoms with van der Waals surface area (Å²) in [6.45, 7) is 1.08. The fourth-order valence-corrected chi connectivity index (χ4v) is 1.50. The smallest absolute Gasteiger partial charge is 0.319 e. The molecule has 5 nitrogen and oxygen atoms in total. The molecule has 0 aliphatic carbocycles. The Kier molecular flexibility index (Phi) is 2.39. The zero-order valence-corrected chi connectivity index (χ0v) is 7.95. The van der Waals surface area contributed by atoms with E-state index in [1.807, 2.05) is 11.4 Å². The number of rotatable bonds is 1. The summed E-state index contributed by atoms with van der Waals surface area (Å²) in [7, 11) is 0. The molecule has 0 atom stereocenters. The van der Waals surface area contributed by atoms with Crippen molar-refractivity contribution in [1.29, 1.82) is 0 Å². The van der Waals surface area contributed by atoms with E-state index in [1.54, 1.807) is 12.1 Å².